The Labute approximate surface area is 212 Å². The molecular weight excluding hydrogens is 478 g/mol. The van der Waals surface area contributed by atoms with Crippen molar-refractivity contribution in [3.8, 4) is 34.3 Å². The number of amides is 1. The predicted molar refractivity (Wildman–Crippen MR) is 136 cm³/mol. The minimum Gasteiger partial charge on any atom is -0.497 e. The fraction of sp³-hybridized carbons (Fsp3) is 0.296. The van der Waals surface area contributed by atoms with Crippen LogP contribution in [0.15, 0.2) is 41.8 Å². The van der Waals surface area contributed by atoms with Crippen molar-refractivity contribution in [1.82, 2.24) is 14.9 Å². The molecule has 9 heteroatoms. The van der Waals surface area contributed by atoms with Crippen LogP contribution in [0.3, 0.4) is 0 Å². The Kier molecular flexibility index (Phi) is 5.64. The van der Waals surface area contributed by atoms with E-state index in [0.717, 1.165) is 45.6 Å². The molecule has 0 unspecified atom stereocenters. The molecule has 0 N–H and O–H groups in total. The highest BCUT2D eigenvalue weighted by Crippen LogP contribution is 2.41. The zero-order valence-corrected chi connectivity index (χ0v) is 21.1. The van der Waals surface area contributed by atoms with E-state index in [0.29, 0.717) is 35.2 Å². The number of hydrogen-bond donors (Lipinski definition) is 0. The normalized spacial score (nSPS) is 14.2. The summed E-state index contributed by atoms with van der Waals surface area (Å²) in [7, 11) is 3.26. The number of carbonyl (C=O) groups is 1. The van der Waals surface area contributed by atoms with Gasteiger partial charge in [0, 0.05) is 35.0 Å². The summed E-state index contributed by atoms with van der Waals surface area (Å²) in [5.74, 6) is 2.66. The standard InChI is InChI=1S/C27H25N3O5S/c1-15-28-22(13-36-15)27(31)30(18-4-5-18)12-17-8-16-9-24-25(35-14-34-24)11-21(16)29-26(17)20-10-19(32-2)6-7-23(20)33-3/h6-11,13,18H,4-5,12,14H2,1-3H3. The van der Waals surface area contributed by atoms with Gasteiger partial charge in [-0.25, -0.2) is 9.97 Å². The van der Waals surface area contributed by atoms with Crippen molar-refractivity contribution in [3.05, 3.63) is 58.0 Å². The second-order valence-corrected chi connectivity index (χ2v) is 9.94. The number of rotatable bonds is 7. The summed E-state index contributed by atoms with van der Waals surface area (Å²) in [4.78, 5) is 24.9. The first-order valence-electron chi connectivity index (χ1n) is 11.7. The quantitative estimate of drug-likeness (QED) is 0.342. The molecule has 8 nitrogen and oxygen atoms in total. The molecule has 4 aromatic rings. The molecule has 2 aliphatic rings. The van der Waals surface area contributed by atoms with Gasteiger partial charge in [-0.05, 0) is 55.7 Å². The number of ether oxygens (including phenoxy) is 4. The highest BCUT2D eigenvalue weighted by Gasteiger charge is 2.35. The molecule has 2 aromatic carbocycles. The van der Waals surface area contributed by atoms with Crippen molar-refractivity contribution in [2.75, 3.05) is 21.0 Å². The molecule has 0 bridgehead atoms. The Morgan fingerprint density at radius 2 is 1.89 bits per heavy atom. The molecule has 6 rings (SSSR count). The number of nitrogens with zero attached hydrogens (tertiary/aromatic N) is 3. The Hall–Kier alpha value is -3.85. The van der Waals surface area contributed by atoms with Crippen molar-refractivity contribution in [2.45, 2.75) is 32.4 Å². The molecule has 1 fully saturated rings. The Morgan fingerprint density at radius 1 is 1.08 bits per heavy atom. The Bertz CT molecular complexity index is 1480. The zero-order valence-electron chi connectivity index (χ0n) is 20.2. The van der Waals surface area contributed by atoms with Gasteiger partial charge >= 0.3 is 0 Å². The average Bonchev–Trinajstić information content (AvgIpc) is 3.48. The monoisotopic (exact) mass is 503 g/mol. The van der Waals surface area contributed by atoms with Crippen molar-refractivity contribution in [3.63, 3.8) is 0 Å². The van der Waals surface area contributed by atoms with E-state index < -0.39 is 0 Å². The number of aromatic nitrogens is 2. The summed E-state index contributed by atoms with van der Waals surface area (Å²) in [5, 5.41) is 3.62. The summed E-state index contributed by atoms with van der Waals surface area (Å²) in [6, 6.07) is 11.7. The fourth-order valence-corrected chi connectivity index (χ4v) is 5.09. The van der Waals surface area contributed by atoms with E-state index in [4.69, 9.17) is 23.9 Å². The van der Waals surface area contributed by atoms with Gasteiger partial charge in [0.1, 0.15) is 17.2 Å². The van der Waals surface area contributed by atoms with E-state index in [1.54, 1.807) is 14.2 Å². The number of benzene rings is 2. The van der Waals surface area contributed by atoms with Crippen LogP contribution in [0.5, 0.6) is 23.0 Å². The molecule has 36 heavy (non-hydrogen) atoms. The van der Waals surface area contributed by atoms with Crippen LogP contribution in [0.1, 0.15) is 33.9 Å². The Morgan fingerprint density at radius 3 is 2.58 bits per heavy atom. The van der Waals surface area contributed by atoms with Gasteiger partial charge in [0.15, 0.2) is 11.5 Å². The molecule has 2 aromatic heterocycles. The maximum absolute atomic E-state index is 13.5. The first-order valence-corrected chi connectivity index (χ1v) is 12.6. The van der Waals surface area contributed by atoms with Crippen LogP contribution < -0.4 is 18.9 Å². The topological polar surface area (TPSA) is 83.0 Å². The van der Waals surface area contributed by atoms with Crippen molar-refractivity contribution in [2.24, 2.45) is 0 Å². The minimum absolute atomic E-state index is 0.0591. The number of methoxy groups -OCH3 is 2. The van der Waals surface area contributed by atoms with Gasteiger partial charge in [-0.2, -0.15) is 0 Å². The van der Waals surface area contributed by atoms with Crippen LogP contribution in [-0.4, -0.2) is 47.8 Å². The van der Waals surface area contributed by atoms with Gasteiger partial charge < -0.3 is 23.8 Å². The lowest BCUT2D eigenvalue weighted by atomic mass is 10.0. The third-order valence-corrected chi connectivity index (χ3v) is 7.25. The molecule has 0 radical (unpaired) electrons. The van der Waals surface area contributed by atoms with E-state index in [2.05, 4.69) is 11.1 Å². The number of aryl methyl sites for hydroxylation is 1. The molecule has 1 amide bonds. The first-order chi connectivity index (χ1) is 17.5. The SMILES string of the molecule is COc1ccc(OC)c(-c2nc3cc4c(cc3cc2CN(C(=O)c2csc(C)n2)C2CC2)OCO4)c1. The summed E-state index contributed by atoms with van der Waals surface area (Å²) >= 11 is 1.48. The number of thiazole rings is 1. The maximum atomic E-state index is 13.5. The average molecular weight is 504 g/mol. The van der Waals surface area contributed by atoms with Gasteiger partial charge in [0.25, 0.3) is 5.91 Å². The summed E-state index contributed by atoms with van der Waals surface area (Å²) in [5.41, 5.74) is 3.67. The van der Waals surface area contributed by atoms with Crippen LogP contribution in [0.25, 0.3) is 22.2 Å². The number of fused-ring (bicyclic) bond motifs is 2. The number of carbonyl (C=O) groups excluding carboxylic acids is 1. The fourth-order valence-electron chi connectivity index (χ4n) is 4.51. The van der Waals surface area contributed by atoms with Gasteiger partial charge in [0.2, 0.25) is 6.79 Å². The molecular formula is C27H25N3O5S. The van der Waals surface area contributed by atoms with Gasteiger partial charge in [-0.3, -0.25) is 4.79 Å². The maximum Gasteiger partial charge on any atom is 0.273 e. The molecule has 0 atom stereocenters. The number of hydrogen-bond acceptors (Lipinski definition) is 8. The molecule has 1 saturated carbocycles. The molecule has 1 aliphatic heterocycles. The highest BCUT2D eigenvalue weighted by atomic mass is 32.1. The predicted octanol–water partition coefficient (Wildman–Crippen LogP) is 5.22. The van der Waals surface area contributed by atoms with Crippen LogP contribution in [-0.2, 0) is 6.54 Å². The lowest BCUT2D eigenvalue weighted by Crippen LogP contribution is -2.33. The van der Waals surface area contributed by atoms with Crippen LogP contribution in [0.2, 0.25) is 0 Å². The van der Waals surface area contributed by atoms with Crippen LogP contribution in [0.4, 0.5) is 0 Å². The molecule has 0 spiro atoms. The molecule has 184 valence electrons. The summed E-state index contributed by atoms with van der Waals surface area (Å²) in [6.45, 7) is 2.49. The largest absolute Gasteiger partial charge is 0.497 e. The van der Waals surface area contributed by atoms with Crippen molar-refractivity contribution in [1.29, 1.82) is 0 Å². The van der Waals surface area contributed by atoms with Crippen molar-refractivity contribution >= 4 is 28.1 Å². The molecule has 3 heterocycles. The van der Waals surface area contributed by atoms with Gasteiger partial charge in [-0.15, -0.1) is 11.3 Å². The van der Waals surface area contributed by atoms with Crippen molar-refractivity contribution < 1.29 is 23.7 Å². The zero-order chi connectivity index (χ0) is 24.8. The van der Waals surface area contributed by atoms with E-state index >= 15 is 0 Å². The third-order valence-electron chi connectivity index (χ3n) is 6.48. The van der Waals surface area contributed by atoms with E-state index in [1.165, 1.54) is 11.3 Å². The first kappa shape index (κ1) is 22.6. The smallest absolute Gasteiger partial charge is 0.273 e. The molecule has 0 saturated heterocycles. The van der Waals surface area contributed by atoms with Crippen LogP contribution >= 0.6 is 11.3 Å². The van der Waals surface area contributed by atoms with E-state index in [-0.39, 0.29) is 18.7 Å². The Balaban J connectivity index is 1.51. The highest BCUT2D eigenvalue weighted by molar-refractivity contribution is 7.09. The second-order valence-electron chi connectivity index (χ2n) is 8.88. The van der Waals surface area contributed by atoms with Gasteiger partial charge in [-0.1, -0.05) is 0 Å². The lowest BCUT2D eigenvalue weighted by Gasteiger charge is -2.24. The molecule has 1 aliphatic carbocycles. The van der Waals surface area contributed by atoms with Crippen LogP contribution in [0, 0.1) is 6.92 Å². The van der Waals surface area contributed by atoms with Gasteiger partial charge in [0.05, 0.1) is 30.4 Å². The lowest BCUT2D eigenvalue weighted by molar-refractivity contribution is 0.0725. The summed E-state index contributed by atoms with van der Waals surface area (Å²) in [6.07, 6.45) is 1.96. The van der Waals surface area contributed by atoms with E-state index in [1.807, 2.05) is 47.5 Å². The second kappa shape index (κ2) is 8.98. The number of pyridine rings is 1. The van der Waals surface area contributed by atoms with E-state index in [9.17, 15) is 4.79 Å². The minimum atomic E-state index is -0.0591. The summed E-state index contributed by atoms with van der Waals surface area (Å²) < 4.78 is 22.4. The third kappa shape index (κ3) is 4.09.